The Balaban J connectivity index is 1.17. The van der Waals surface area contributed by atoms with Crippen molar-refractivity contribution in [1.29, 1.82) is 0 Å². The van der Waals surface area contributed by atoms with Crippen molar-refractivity contribution in [1.82, 2.24) is 15.0 Å². The number of hydrogen-bond acceptors (Lipinski definition) is 5. The van der Waals surface area contributed by atoms with Crippen LogP contribution in [0.2, 0.25) is 0 Å². The lowest BCUT2D eigenvalue weighted by Crippen LogP contribution is -2.00. The zero-order valence-electron chi connectivity index (χ0n) is 27.7. The van der Waals surface area contributed by atoms with E-state index in [4.69, 9.17) is 23.8 Å². The van der Waals surface area contributed by atoms with Crippen LogP contribution < -0.4 is 0 Å². The van der Waals surface area contributed by atoms with Crippen molar-refractivity contribution >= 4 is 65.4 Å². The molecule has 0 aliphatic carbocycles. The Hall–Kier alpha value is -7.11. The molecule has 3 heterocycles. The van der Waals surface area contributed by atoms with Crippen LogP contribution in [0.4, 0.5) is 0 Å². The normalized spacial score (nSPS) is 11.8. The molecular formula is C47H27N3O2. The number of para-hydroxylation sites is 2. The van der Waals surface area contributed by atoms with Crippen LogP contribution in [-0.2, 0) is 0 Å². The third-order valence-electron chi connectivity index (χ3n) is 10.1. The van der Waals surface area contributed by atoms with Gasteiger partial charge in [-0.1, -0.05) is 127 Å². The first-order valence-electron chi connectivity index (χ1n) is 17.3. The molecule has 52 heavy (non-hydrogen) atoms. The first-order valence-corrected chi connectivity index (χ1v) is 17.3. The smallest absolute Gasteiger partial charge is 0.164 e. The number of rotatable bonds is 4. The monoisotopic (exact) mass is 665 g/mol. The minimum absolute atomic E-state index is 0.578. The summed E-state index contributed by atoms with van der Waals surface area (Å²) in [6.07, 6.45) is 0. The summed E-state index contributed by atoms with van der Waals surface area (Å²) < 4.78 is 13.4. The highest BCUT2D eigenvalue weighted by molar-refractivity contribution is 6.19. The maximum atomic E-state index is 6.75. The summed E-state index contributed by atoms with van der Waals surface area (Å²) >= 11 is 0. The number of benzene rings is 8. The van der Waals surface area contributed by atoms with E-state index in [-0.39, 0.29) is 0 Å². The lowest BCUT2D eigenvalue weighted by molar-refractivity contribution is 0.665. The van der Waals surface area contributed by atoms with Gasteiger partial charge in [-0.05, 0) is 57.9 Å². The molecule has 0 unspecified atom stereocenters. The predicted octanol–water partition coefficient (Wildman–Crippen LogP) is 12.6. The van der Waals surface area contributed by atoms with Crippen LogP contribution in [-0.4, -0.2) is 15.0 Å². The first-order chi connectivity index (χ1) is 25.7. The predicted molar refractivity (Wildman–Crippen MR) is 211 cm³/mol. The maximum absolute atomic E-state index is 6.75. The topological polar surface area (TPSA) is 65.0 Å². The summed E-state index contributed by atoms with van der Waals surface area (Å²) in [5, 5.41) is 8.72. The van der Waals surface area contributed by atoms with E-state index in [9.17, 15) is 0 Å². The fourth-order valence-electron chi connectivity index (χ4n) is 7.59. The number of furan rings is 2. The maximum Gasteiger partial charge on any atom is 0.164 e. The van der Waals surface area contributed by atoms with Gasteiger partial charge in [-0.25, -0.2) is 15.0 Å². The van der Waals surface area contributed by atoms with Gasteiger partial charge in [0.05, 0.1) is 0 Å². The SMILES string of the molecule is c1ccc(-c2nc(-c3ccc4ccccc4c3)nc(-c3ccc(-c4cccc5c4oc4cc6ccccc6cc45)c4oc5ccccc5c34)n2)cc1. The zero-order valence-corrected chi connectivity index (χ0v) is 27.7. The highest BCUT2D eigenvalue weighted by Gasteiger charge is 2.23. The minimum Gasteiger partial charge on any atom is -0.455 e. The molecule has 0 atom stereocenters. The molecule has 242 valence electrons. The van der Waals surface area contributed by atoms with Crippen molar-refractivity contribution in [3.05, 3.63) is 164 Å². The highest BCUT2D eigenvalue weighted by Crippen LogP contribution is 2.44. The average Bonchev–Trinajstić information content (AvgIpc) is 3.78. The standard InChI is InChI=1S/C47H27N3O2/c1-2-12-29(13-3-1)45-48-46(33-22-21-28-11-4-5-14-30(28)25-33)50-47(49-45)38-24-23-36(44-42(38)37-17-8-9-20-40(37)51-44)34-18-10-19-35-39-26-31-15-6-7-16-32(31)27-41(39)52-43(34)35/h1-27H. The molecular weight excluding hydrogens is 639 g/mol. The van der Waals surface area contributed by atoms with Crippen molar-refractivity contribution in [2.24, 2.45) is 0 Å². The van der Waals surface area contributed by atoms with Crippen molar-refractivity contribution in [3.63, 3.8) is 0 Å². The van der Waals surface area contributed by atoms with Crippen molar-refractivity contribution in [2.75, 3.05) is 0 Å². The van der Waals surface area contributed by atoms with Gasteiger partial charge in [0, 0.05) is 49.4 Å². The Morgan fingerprint density at radius 1 is 0.327 bits per heavy atom. The molecule has 0 N–H and O–H groups in total. The van der Waals surface area contributed by atoms with Gasteiger partial charge in [-0.3, -0.25) is 0 Å². The Morgan fingerprint density at radius 3 is 1.79 bits per heavy atom. The Kier molecular flexibility index (Phi) is 6.18. The van der Waals surface area contributed by atoms with Crippen molar-refractivity contribution in [3.8, 4) is 45.3 Å². The lowest BCUT2D eigenvalue weighted by atomic mass is 9.96. The molecule has 5 nitrogen and oxygen atoms in total. The second-order valence-corrected chi connectivity index (χ2v) is 13.2. The van der Waals surface area contributed by atoms with E-state index < -0.39 is 0 Å². The molecule has 3 aromatic heterocycles. The van der Waals surface area contributed by atoms with E-state index in [0.29, 0.717) is 17.5 Å². The average molecular weight is 666 g/mol. The van der Waals surface area contributed by atoms with Crippen LogP contribution in [0.15, 0.2) is 173 Å². The molecule has 0 radical (unpaired) electrons. The van der Waals surface area contributed by atoms with Gasteiger partial charge in [-0.2, -0.15) is 0 Å². The molecule has 0 aliphatic heterocycles. The largest absolute Gasteiger partial charge is 0.455 e. The van der Waals surface area contributed by atoms with E-state index in [1.807, 2.05) is 48.5 Å². The van der Waals surface area contributed by atoms with Crippen molar-refractivity contribution in [2.45, 2.75) is 0 Å². The molecule has 0 fully saturated rings. The molecule has 0 bridgehead atoms. The van der Waals surface area contributed by atoms with Crippen LogP contribution in [0.1, 0.15) is 0 Å². The molecule has 8 aromatic carbocycles. The number of aromatic nitrogens is 3. The summed E-state index contributed by atoms with van der Waals surface area (Å²) in [5.74, 6) is 1.80. The van der Waals surface area contributed by atoms with Gasteiger partial charge in [0.2, 0.25) is 0 Å². The van der Waals surface area contributed by atoms with Crippen LogP contribution >= 0.6 is 0 Å². The number of nitrogens with zero attached hydrogens (tertiary/aromatic N) is 3. The minimum atomic E-state index is 0.578. The quantitative estimate of drug-likeness (QED) is 0.187. The molecule has 0 aliphatic rings. The Labute approximate surface area is 297 Å². The third kappa shape index (κ3) is 4.46. The van der Waals surface area contributed by atoms with Crippen LogP contribution in [0.5, 0.6) is 0 Å². The Bertz CT molecular complexity index is 3190. The summed E-state index contributed by atoms with van der Waals surface area (Å²) in [5.41, 5.74) is 7.85. The van der Waals surface area contributed by atoms with Gasteiger partial charge in [-0.15, -0.1) is 0 Å². The number of hydrogen-bond donors (Lipinski definition) is 0. The first kappa shape index (κ1) is 28.7. The fraction of sp³-hybridized carbons (Fsp3) is 0. The molecule has 11 aromatic rings. The van der Waals surface area contributed by atoms with Crippen LogP contribution in [0.3, 0.4) is 0 Å². The van der Waals surface area contributed by atoms with Crippen molar-refractivity contribution < 1.29 is 8.83 Å². The van der Waals surface area contributed by atoms with Gasteiger partial charge in [0.1, 0.15) is 22.3 Å². The van der Waals surface area contributed by atoms with E-state index >= 15 is 0 Å². The molecule has 0 saturated heterocycles. The van der Waals surface area contributed by atoms with Crippen LogP contribution in [0, 0.1) is 0 Å². The van der Waals surface area contributed by atoms with Gasteiger partial charge in [0.15, 0.2) is 17.5 Å². The second-order valence-electron chi connectivity index (χ2n) is 13.2. The lowest BCUT2D eigenvalue weighted by Gasteiger charge is -2.11. The molecule has 5 heteroatoms. The zero-order chi connectivity index (χ0) is 34.2. The van der Waals surface area contributed by atoms with Crippen LogP contribution in [0.25, 0.3) is 111 Å². The van der Waals surface area contributed by atoms with E-state index in [1.54, 1.807) is 0 Å². The summed E-state index contributed by atoms with van der Waals surface area (Å²) in [4.78, 5) is 15.3. The molecule has 0 saturated carbocycles. The molecule has 11 rings (SSSR count). The summed E-state index contributed by atoms with van der Waals surface area (Å²) in [6.45, 7) is 0. The third-order valence-corrected chi connectivity index (χ3v) is 10.1. The van der Waals surface area contributed by atoms with E-state index in [2.05, 4.69) is 115 Å². The van der Waals surface area contributed by atoms with E-state index in [0.717, 1.165) is 82.5 Å². The van der Waals surface area contributed by atoms with Gasteiger partial charge >= 0.3 is 0 Å². The number of fused-ring (bicyclic) bond motifs is 8. The molecule has 0 spiro atoms. The fourth-order valence-corrected chi connectivity index (χ4v) is 7.59. The summed E-state index contributed by atoms with van der Waals surface area (Å²) in [7, 11) is 0. The highest BCUT2D eigenvalue weighted by atomic mass is 16.3. The van der Waals surface area contributed by atoms with Gasteiger partial charge in [0.25, 0.3) is 0 Å². The Morgan fingerprint density at radius 2 is 0.942 bits per heavy atom. The molecule has 0 amide bonds. The second kappa shape index (κ2) is 11.2. The van der Waals surface area contributed by atoms with E-state index in [1.165, 1.54) is 10.8 Å². The summed E-state index contributed by atoms with van der Waals surface area (Å²) in [6, 6.07) is 56.2. The van der Waals surface area contributed by atoms with Gasteiger partial charge < -0.3 is 8.83 Å².